The fraction of sp³-hybridized carbons (Fsp3) is 0.278. The summed E-state index contributed by atoms with van der Waals surface area (Å²) in [5, 5.41) is 2.50. The zero-order chi connectivity index (χ0) is 15.9. The van der Waals surface area contributed by atoms with Crippen molar-refractivity contribution in [2.24, 2.45) is 0 Å². The normalized spacial score (nSPS) is 11.8. The Morgan fingerprint density at radius 2 is 1.86 bits per heavy atom. The van der Waals surface area contributed by atoms with Crippen LogP contribution in [0.15, 0.2) is 48.5 Å². The fourth-order valence-corrected chi connectivity index (χ4v) is 2.13. The van der Waals surface area contributed by atoms with Crippen molar-refractivity contribution in [3.63, 3.8) is 0 Å². The van der Waals surface area contributed by atoms with Gasteiger partial charge in [0.1, 0.15) is 11.6 Å². The van der Waals surface area contributed by atoms with Gasteiger partial charge in [-0.05, 0) is 36.1 Å². The molecule has 0 saturated carbocycles. The number of para-hydroxylation sites is 2. The molecule has 2 rings (SSSR count). The first-order valence-electron chi connectivity index (χ1n) is 7.38. The molecule has 0 unspecified atom stereocenters. The Kier molecular flexibility index (Phi) is 5.53. The van der Waals surface area contributed by atoms with Gasteiger partial charge in [0.2, 0.25) is 0 Å². The van der Waals surface area contributed by atoms with Crippen LogP contribution in [0.3, 0.4) is 0 Å². The molecule has 0 aliphatic heterocycles. The van der Waals surface area contributed by atoms with E-state index in [9.17, 15) is 9.18 Å². The average Bonchev–Trinajstić information content (AvgIpc) is 2.54. The molecule has 4 heteroatoms. The van der Waals surface area contributed by atoms with Crippen LogP contribution in [0, 0.1) is 5.82 Å². The van der Waals surface area contributed by atoms with E-state index in [4.69, 9.17) is 4.74 Å². The predicted octanol–water partition coefficient (Wildman–Crippen LogP) is 4.36. The second-order valence-corrected chi connectivity index (χ2v) is 5.16. The topological polar surface area (TPSA) is 38.3 Å². The van der Waals surface area contributed by atoms with Crippen LogP contribution in [-0.4, -0.2) is 12.5 Å². The van der Waals surface area contributed by atoms with E-state index in [-0.39, 0.29) is 18.2 Å². The lowest BCUT2D eigenvalue weighted by Gasteiger charge is -2.15. The molecule has 1 atom stereocenters. The van der Waals surface area contributed by atoms with Gasteiger partial charge in [-0.3, -0.25) is 4.79 Å². The van der Waals surface area contributed by atoms with Gasteiger partial charge in [-0.25, -0.2) is 4.39 Å². The highest BCUT2D eigenvalue weighted by Gasteiger charge is 2.12. The van der Waals surface area contributed by atoms with Crippen LogP contribution in [0.1, 0.15) is 31.7 Å². The summed E-state index contributed by atoms with van der Waals surface area (Å²) in [6.07, 6.45) is 0.988. The lowest BCUT2D eigenvalue weighted by molar-refractivity contribution is -0.118. The molecule has 116 valence electrons. The molecule has 0 spiro atoms. The van der Waals surface area contributed by atoms with Crippen LogP contribution in [0.25, 0.3) is 0 Å². The second-order valence-electron chi connectivity index (χ2n) is 5.16. The van der Waals surface area contributed by atoms with E-state index >= 15 is 0 Å². The molecular formula is C18H20FNO2. The van der Waals surface area contributed by atoms with Crippen molar-refractivity contribution in [3.8, 4) is 5.75 Å². The maximum absolute atomic E-state index is 13.5. The first kappa shape index (κ1) is 16.0. The van der Waals surface area contributed by atoms with E-state index < -0.39 is 5.82 Å². The third kappa shape index (κ3) is 4.07. The van der Waals surface area contributed by atoms with Gasteiger partial charge >= 0.3 is 0 Å². The van der Waals surface area contributed by atoms with E-state index in [0.29, 0.717) is 11.7 Å². The first-order valence-corrected chi connectivity index (χ1v) is 7.38. The van der Waals surface area contributed by atoms with Gasteiger partial charge in [0.25, 0.3) is 5.91 Å². The molecule has 0 aliphatic carbocycles. The molecule has 0 bridgehead atoms. The SMILES string of the molecule is CC[C@@H](C)c1ccccc1OCC(=O)Nc1ccccc1F. The number of carbonyl (C=O) groups is 1. The monoisotopic (exact) mass is 301 g/mol. The molecule has 22 heavy (non-hydrogen) atoms. The predicted molar refractivity (Wildman–Crippen MR) is 85.7 cm³/mol. The highest BCUT2D eigenvalue weighted by atomic mass is 19.1. The largest absolute Gasteiger partial charge is 0.483 e. The molecule has 0 saturated heterocycles. The zero-order valence-corrected chi connectivity index (χ0v) is 12.8. The van der Waals surface area contributed by atoms with Gasteiger partial charge in [-0.2, -0.15) is 0 Å². The Hall–Kier alpha value is -2.36. The Morgan fingerprint density at radius 3 is 2.59 bits per heavy atom. The van der Waals surface area contributed by atoms with Crippen LogP contribution in [0.5, 0.6) is 5.75 Å². The minimum Gasteiger partial charge on any atom is -0.483 e. The lowest BCUT2D eigenvalue weighted by Crippen LogP contribution is -2.21. The van der Waals surface area contributed by atoms with Crippen molar-refractivity contribution in [3.05, 3.63) is 59.9 Å². The maximum atomic E-state index is 13.5. The highest BCUT2D eigenvalue weighted by molar-refractivity contribution is 5.91. The Balaban J connectivity index is 1.99. The number of halogens is 1. The lowest BCUT2D eigenvalue weighted by atomic mass is 9.98. The summed E-state index contributed by atoms with van der Waals surface area (Å²) in [5.74, 6) is 0.200. The Labute approximate surface area is 130 Å². The first-order chi connectivity index (χ1) is 10.6. The summed E-state index contributed by atoms with van der Waals surface area (Å²) < 4.78 is 19.1. The molecular weight excluding hydrogens is 281 g/mol. The number of hydrogen-bond acceptors (Lipinski definition) is 2. The fourth-order valence-electron chi connectivity index (χ4n) is 2.13. The van der Waals surface area contributed by atoms with Crippen molar-refractivity contribution < 1.29 is 13.9 Å². The van der Waals surface area contributed by atoms with Crippen LogP contribution >= 0.6 is 0 Å². The minimum absolute atomic E-state index is 0.151. The number of anilines is 1. The maximum Gasteiger partial charge on any atom is 0.262 e. The summed E-state index contributed by atoms with van der Waals surface area (Å²) in [5.41, 5.74) is 1.23. The summed E-state index contributed by atoms with van der Waals surface area (Å²) in [4.78, 5) is 11.9. The second kappa shape index (κ2) is 7.59. The number of ether oxygens (including phenoxy) is 1. The number of hydrogen-bond donors (Lipinski definition) is 1. The summed E-state index contributed by atoms with van der Waals surface area (Å²) in [6, 6.07) is 13.7. The van der Waals surface area contributed by atoms with E-state index in [2.05, 4.69) is 19.2 Å². The van der Waals surface area contributed by atoms with Crippen molar-refractivity contribution in [2.45, 2.75) is 26.2 Å². The number of nitrogens with one attached hydrogen (secondary N) is 1. The Morgan fingerprint density at radius 1 is 1.18 bits per heavy atom. The summed E-state index contributed by atoms with van der Waals surface area (Å²) >= 11 is 0. The van der Waals surface area contributed by atoms with Gasteiger partial charge in [-0.1, -0.05) is 44.2 Å². The molecule has 2 aromatic carbocycles. The quantitative estimate of drug-likeness (QED) is 0.861. The van der Waals surface area contributed by atoms with Crippen LogP contribution in [-0.2, 0) is 4.79 Å². The van der Waals surface area contributed by atoms with Gasteiger partial charge in [0, 0.05) is 0 Å². The third-order valence-electron chi connectivity index (χ3n) is 3.57. The molecule has 1 N–H and O–H groups in total. The molecule has 0 heterocycles. The molecule has 1 amide bonds. The van der Waals surface area contributed by atoms with E-state index in [0.717, 1.165) is 12.0 Å². The molecule has 0 aliphatic rings. The van der Waals surface area contributed by atoms with Gasteiger partial charge in [-0.15, -0.1) is 0 Å². The number of carbonyl (C=O) groups excluding carboxylic acids is 1. The van der Waals surface area contributed by atoms with Gasteiger partial charge in [0.05, 0.1) is 5.69 Å². The molecule has 2 aromatic rings. The smallest absolute Gasteiger partial charge is 0.262 e. The van der Waals surface area contributed by atoms with Gasteiger partial charge in [0.15, 0.2) is 6.61 Å². The van der Waals surface area contributed by atoms with E-state index in [1.54, 1.807) is 12.1 Å². The minimum atomic E-state index is -0.462. The third-order valence-corrected chi connectivity index (χ3v) is 3.57. The molecule has 0 aromatic heterocycles. The molecule has 0 fully saturated rings. The Bertz CT molecular complexity index is 642. The molecule has 0 radical (unpaired) electrons. The van der Waals surface area contributed by atoms with Crippen molar-refractivity contribution in [1.82, 2.24) is 0 Å². The van der Waals surface area contributed by atoms with Crippen molar-refractivity contribution in [1.29, 1.82) is 0 Å². The standard InChI is InChI=1S/C18H20FNO2/c1-3-13(2)14-8-4-7-11-17(14)22-12-18(21)20-16-10-6-5-9-15(16)19/h4-11,13H,3,12H2,1-2H3,(H,20,21)/t13-/m1/s1. The van der Waals surface area contributed by atoms with E-state index in [1.807, 2.05) is 24.3 Å². The molecule has 3 nitrogen and oxygen atoms in total. The van der Waals surface area contributed by atoms with Crippen molar-refractivity contribution in [2.75, 3.05) is 11.9 Å². The number of amides is 1. The van der Waals surface area contributed by atoms with E-state index in [1.165, 1.54) is 12.1 Å². The number of benzene rings is 2. The zero-order valence-electron chi connectivity index (χ0n) is 12.8. The van der Waals surface area contributed by atoms with Crippen LogP contribution in [0.4, 0.5) is 10.1 Å². The average molecular weight is 301 g/mol. The van der Waals surface area contributed by atoms with Crippen LogP contribution in [0.2, 0.25) is 0 Å². The summed E-state index contributed by atoms with van der Waals surface area (Å²) in [6.45, 7) is 4.07. The summed E-state index contributed by atoms with van der Waals surface area (Å²) in [7, 11) is 0. The van der Waals surface area contributed by atoms with Gasteiger partial charge < -0.3 is 10.1 Å². The highest BCUT2D eigenvalue weighted by Crippen LogP contribution is 2.28. The van der Waals surface area contributed by atoms with Crippen LogP contribution < -0.4 is 10.1 Å². The van der Waals surface area contributed by atoms with Crippen molar-refractivity contribution >= 4 is 11.6 Å². The number of rotatable bonds is 6.